The summed E-state index contributed by atoms with van der Waals surface area (Å²) < 4.78 is 5.88. The summed E-state index contributed by atoms with van der Waals surface area (Å²) in [6.45, 7) is 3.18. The van der Waals surface area contributed by atoms with Gasteiger partial charge in [0.05, 0.1) is 6.10 Å². The maximum absolute atomic E-state index is 5.88. The molecule has 2 aliphatic rings. The summed E-state index contributed by atoms with van der Waals surface area (Å²) in [6, 6.07) is 0. The van der Waals surface area contributed by atoms with Crippen molar-refractivity contribution in [3.05, 3.63) is 0 Å². The highest BCUT2D eigenvalue weighted by Crippen LogP contribution is 2.27. The van der Waals surface area contributed by atoms with Gasteiger partial charge in [0.1, 0.15) is 0 Å². The molecule has 1 N–H and O–H groups in total. The minimum atomic E-state index is 0.496. The lowest BCUT2D eigenvalue weighted by Crippen LogP contribution is -2.28. The van der Waals surface area contributed by atoms with Gasteiger partial charge in [-0.05, 0) is 25.3 Å². The number of hydrogen-bond donors (Lipinski definition) is 1. The topological polar surface area (TPSA) is 21.3 Å². The highest BCUT2D eigenvalue weighted by atomic mass is 16.5. The molecule has 1 saturated carbocycles. The first-order valence-electron chi connectivity index (χ1n) is 6.77. The Morgan fingerprint density at radius 1 is 1.00 bits per heavy atom. The molecule has 1 atom stereocenters. The third-order valence-corrected chi connectivity index (χ3v) is 3.79. The predicted octanol–water partition coefficient (Wildman–Crippen LogP) is 2.73. The van der Waals surface area contributed by atoms with E-state index in [1.54, 1.807) is 0 Å². The number of nitrogens with one attached hydrogen (secondary N) is 1. The maximum atomic E-state index is 5.88. The molecular formula is C13H25NO. The molecule has 1 unspecified atom stereocenters. The van der Waals surface area contributed by atoms with E-state index in [2.05, 4.69) is 5.32 Å². The van der Waals surface area contributed by atoms with Crippen LogP contribution >= 0.6 is 0 Å². The van der Waals surface area contributed by atoms with Crippen molar-refractivity contribution < 1.29 is 4.74 Å². The van der Waals surface area contributed by atoms with Crippen molar-refractivity contribution in [2.45, 2.75) is 57.5 Å². The molecule has 1 aliphatic carbocycles. The summed E-state index contributed by atoms with van der Waals surface area (Å²) in [5.41, 5.74) is 0. The molecule has 2 rings (SSSR count). The van der Waals surface area contributed by atoms with Crippen molar-refractivity contribution in [1.29, 1.82) is 0 Å². The van der Waals surface area contributed by atoms with Crippen LogP contribution in [-0.4, -0.2) is 25.8 Å². The summed E-state index contributed by atoms with van der Waals surface area (Å²) in [7, 11) is 0. The van der Waals surface area contributed by atoms with Gasteiger partial charge in [0.25, 0.3) is 0 Å². The average Bonchev–Trinajstić information content (AvgIpc) is 2.63. The first-order valence-corrected chi connectivity index (χ1v) is 6.77. The Balaban J connectivity index is 1.73. The van der Waals surface area contributed by atoms with Crippen LogP contribution < -0.4 is 5.32 Å². The third kappa shape index (κ3) is 4.12. The molecule has 2 heteroatoms. The molecule has 1 aliphatic heterocycles. The van der Waals surface area contributed by atoms with E-state index < -0.39 is 0 Å². The highest BCUT2D eigenvalue weighted by Gasteiger charge is 2.19. The van der Waals surface area contributed by atoms with Crippen LogP contribution in [0.2, 0.25) is 0 Å². The first-order chi connectivity index (χ1) is 7.45. The molecule has 0 aromatic heterocycles. The molecular weight excluding hydrogens is 186 g/mol. The molecule has 0 amide bonds. The van der Waals surface area contributed by atoms with Crippen molar-refractivity contribution in [3.8, 4) is 0 Å². The minimum absolute atomic E-state index is 0.496. The second-order valence-corrected chi connectivity index (χ2v) is 5.14. The van der Waals surface area contributed by atoms with E-state index in [1.165, 1.54) is 51.4 Å². The van der Waals surface area contributed by atoms with E-state index in [1.807, 2.05) is 0 Å². The van der Waals surface area contributed by atoms with Gasteiger partial charge in [0.15, 0.2) is 0 Å². The predicted molar refractivity (Wildman–Crippen MR) is 63.0 cm³/mol. The lowest BCUT2D eigenvalue weighted by atomic mass is 9.93. The second kappa shape index (κ2) is 6.49. The first kappa shape index (κ1) is 11.4. The van der Waals surface area contributed by atoms with Gasteiger partial charge in [0, 0.05) is 13.2 Å². The smallest absolute Gasteiger partial charge is 0.0702 e. The number of hydrogen-bond acceptors (Lipinski definition) is 2. The summed E-state index contributed by atoms with van der Waals surface area (Å²) in [4.78, 5) is 0. The van der Waals surface area contributed by atoms with Crippen molar-refractivity contribution in [2.75, 3.05) is 19.7 Å². The zero-order valence-electron chi connectivity index (χ0n) is 9.84. The molecule has 88 valence electrons. The van der Waals surface area contributed by atoms with E-state index in [-0.39, 0.29) is 0 Å². The Labute approximate surface area is 93.8 Å². The van der Waals surface area contributed by atoms with Gasteiger partial charge in [-0.1, -0.05) is 38.5 Å². The van der Waals surface area contributed by atoms with E-state index >= 15 is 0 Å². The lowest BCUT2D eigenvalue weighted by Gasteiger charge is -2.21. The molecule has 0 spiro atoms. The Hall–Kier alpha value is -0.0800. The van der Waals surface area contributed by atoms with Gasteiger partial charge in [-0.15, -0.1) is 0 Å². The van der Waals surface area contributed by atoms with Crippen LogP contribution in [0, 0.1) is 5.92 Å². The monoisotopic (exact) mass is 211 g/mol. The second-order valence-electron chi connectivity index (χ2n) is 5.14. The average molecular weight is 211 g/mol. The van der Waals surface area contributed by atoms with Gasteiger partial charge in [0.2, 0.25) is 0 Å². The normalized spacial score (nSPS) is 30.8. The van der Waals surface area contributed by atoms with Crippen LogP contribution in [0.3, 0.4) is 0 Å². The molecule has 0 radical (unpaired) electrons. The zero-order chi connectivity index (χ0) is 10.3. The molecule has 2 fully saturated rings. The fourth-order valence-electron chi connectivity index (χ4n) is 2.89. The highest BCUT2D eigenvalue weighted by molar-refractivity contribution is 4.73. The van der Waals surface area contributed by atoms with Gasteiger partial charge in [-0.2, -0.15) is 0 Å². The Bertz CT molecular complexity index is 138. The van der Waals surface area contributed by atoms with Crippen molar-refractivity contribution >= 4 is 0 Å². The van der Waals surface area contributed by atoms with Crippen molar-refractivity contribution in [2.24, 2.45) is 5.92 Å². The van der Waals surface area contributed by atoms with Gasteiger partial charge < -0.3 is 10.1 Å². The molecule has 0 aromatic rings. The summed E-state index contributed by atoms with van der Waals surface area (Å²) >= 11 is 0. The van der Waals surface area contributed by atoms with Crippen LogP contribution in [0.4, 0.5) is 0 Å². The van der Waals surface area contributed by atoms with Crippen molar-refractivity contribution in [3.63, 3.8) is 0 Å². The van der Waals surface area contributed by atoms with Gasteiger partial charge in [-0.3, -0.25) is 0 Å². The summed E-state index contributed by atoms with van der Waals surface area (Å²) in [5, 5.41) is 3.48. The van der Waals surface area contributed by atoms with Crippen LogP contribution in [0.1, 0.15) is 51.4 Å². The molecule has 2 nitrogen and oxygen atoms in total. The molecule has 1 saturated heterocycles. The number of ether oxygens (including phenoxy) is 1. The summed E-state index contributed by atoms with van der Waals surface area (Å²) in [6.07, 6.45) is 11.7. The van der Waals surface area contributed by atoms with Gasteiger partial charge in [-0.25, -0.2) is 0 Å². The quantitative estimate of drug-likeness (QED) is 0.709. The van der Waals surface area contributed by atoms with Crippen LogP contribution in [0.5, 0.6) is 0 Å². The van der Waals surface area contributed by atoms with E-state index in [0.717, 1.165) is 25.6 Å². The fraction of sp³-hybridized carbons (Fsp3) is 1.00. The summed E-state index contributed by atoms with van der Waals surface area (Å²) in [5.74, 6) is 0.942. The standard InChI is InChI=1S/C13H25NO/c1-2-4-7-12(6-3-1)10-13-11-14-8-5-9-15-13/h12-14H,1-11H2. The van der Waals surface area contributed by atoms with E-state index in [4.69, 9.17) is 4.74 Å². The maximum Gasteiger partial charge on any atom is 0.0702 e. The van der Waals surface area contributed by atoms with E-state index in [0.29, 0.717) is 6.10 Å². The Kier molecular flexibility index (Phi) is 4.94. The Morgan fingerprint density at radius 3 is 2.60 bits per heavy atom. The molecule has 0 bridgehead atoms. The van der Waals surface area contributed by atoms with Crippen LogP contribution in [-0.2, 0) is 4.74 Å². The van der Waals surface area contributed by atoms with Crippen LogP contribution in [0.15, 0.2) is 0 Å². The largest absolute Gasteiger partial charge is 0.377 e. The number of rotatable bonds is 2. The molecule has 0 aromatic carbocycles. The zero-order valence-corrected chi connectivity index (χ0v) is 9.84. The molecule has 1 heterocycles. The Morgan fingerprint density at radius 2 is 1.80 bits per heavy atom. The third-order valence-electron chi connectivity index (χ3n) is 3.79. The van der Waals surface area contributed by atoms with Crippen LogP contribution in [0.25, 0.3) is 0 Å². The fourth-order valence-corrected chi connectivity index (χ4v) is 2.89. The SMILES string of the molecule is C1CCCC(CC2CNCCCO2)CC1. The van der Waals surface area contributed by atoms with Crippen molar-refractivity contribution in [1.82, 2.24) is 5.32 Å². The molecule has 15 heavy (non-hydrogen) atoms. The van der Waals surface area contributed by atoms with E-state index in [9.17, 15) is 0 Å². The van der Waals surface area contributed by atoms with Gasteiger partial charge >= 0.3 is 0 Å². The lowest BCUT2D eigenvalue weighted by molar-refractivity contribution is 0.0474. The minimum Gasteiger partial charge on any atom is -0.377 e.